The van der Waals surface area contributed by atoms with Crippen LogP contribution in [0.1, 0.15) is 34.0 Å². The molecule has 1 aromatic carbocycles. The number of H-pyrrole nitrogens is 1. The molecule has 1 aliphatic rings. The Hall–Kier alpha value is -2.67. The molecule has 1 unspecified atom stereocenters. The van der Waals surface area contributed by atoms with E-state index >= 15 is 0 Å². The Labute approximate surface area is 145 Å². The first-order valence-electron chi connectivity index (χ1n) is 8.44. The van der Waals surface area contributed by atoms with Crippen LogP contribution in [-0.4, -0.2) is 38.8 Å². The molecule has 0 bridgehead atoms. The van der Waals surface area contributed by atoms with Crippen molar-refractivity contribution in [3.05, 3.63) is 47.2 Å². The van der Waals surface area contributed by atoms with E-state index in [-0.39, 0.29) is 11.9 Å². The fourth-order valence-electron chi connectivity index (χ4n) is 3.36. The molecule has 2 N–H and O–H groups in total. The lowest BCUT2D eigenvalue weighted by Gasteiger charge is -2.23. The maximum atomic E-state index is 12.7. The predicted octanol–water partition coefficient (Wildman–Crippen LogP) is 1.96. The number of aromatic nitrogens is 4. The molecule has 1 amide bonds. The van der Waals surface area contributed by atoms with Gasteiger partial charge in [0, 0.05) is 36.7 Å². The molecule has 3 heterocycles. The second kappa shape index (κ2) is 6.33. The zero-order valence-electron chi connectivity index (χ0n) is 14.4. The van der Waals surface area contributed by atoms with Crippen molar-refractivity contribution in [3.63, 3.8) is 0 Å². The highest BCUT2D eigenvalue weighted by Crippen LogP contribution is 2.20. The number of aryl methyl sites for hydroxylation is 2. The number of hydrogen-bond acceptors (Lipinski definition) is 4. The van der Waals surface area contributed by atoms with E-state index in [1.54, 1.807) is 13.3 Å². The molecule has 1 atom stereocenters. The minimum atomic E-state index is -0.0548. The van der Waals surface area contributed by atoms with Crippen molar-refractivity contribution in [2.75, 3.05) is 7.11 Å². The van der Waals surface area contributed by atoms with E-state index in [4.69, 9.17) is 4.74 Å². The van der Waals surface area contributed by atoms with Crippen molar-refractivity contribution < 1.29 is 9.53 Å². The van der Waals surface area contributed by atoms with E-state index in [1.165, 1.54) is 5.56 Å². The van der Waals surface area contributed by atoms with E-state index in [1.807, 2.05) is 29.8 Å². The van der Waals surface area contributed by atoms with Gasteiger partial charge in [-0.3, -0.25) is 4.79 Å². The standard InChI is InChI=1S/C18H21N5O2/c1-11-3-5-13-14(8-19-15(13)7-11)18(24)20-12-4-6-17-21-16(10-25-2)22-23(17)9-12/h3,5,7-8,12,19H,4,6,9-10H2,1-2H3,(H,20,24). The largest absolute Gasteiger partial charge is 0.377 e. The van der Waals surface area contributed by atoms with Crippen LogP contribution in [0, 0.1) is 6.92 Å². The minimum absolute atomic E-state index is 0.0486. The number of aromatic amines is 1. The van der Waals surface area contributed by atoms with E-state index in [0.717, 1.165) is 29.6 Å². The van der Waals surface area contributed by atoms with Crippen LogP contribution in [-0.2, 0) is 24.3 Å². The number of carbonyl (C=O) groups is 1. The fraction of sp³-hybridized carbons (Fsp3) is 0.389. The number of amides is 1. The smallest absolute Gasteiger partial charge is 0.253 e. The number of nitrogens with one attached hydrogen (secondary N) is 2. The van der Waals surface area contributed by atoms with Crippen LogP contribution in [0.4, 0.5) is 0 Å². The van der Waals surface area contributed by atoms with Crippen LogP contribution < -0.4 is 5.32 Å². The number of fused-ring (bicyclic) bond motifs is 2. The Bertz CT molecular complexity index is 927. The van der Waals surface area contributed by atoms with Gasteiger partial charge in [0.15, 0.2) is 5.82 Å². The van der Waals surface area contributed by atoms with Gasteiger partial charge < -0.3 is 15.0 Å². The molecule has 0 saturated carbocycles. The van der Waals surface area contributed by atoms with Crippen LogP contribution >= 0.6 is 0 Å². The third-order valence-electron chi connectivity index (χ3n) is 4.59. The van der Waals surface area contributed by atoms with Crippen molar-refractivity contribution in [1.82, 2.24) is 25.1 Å². The van der Waals surface area contributed by atoms with Crippen LogP contribution in [0.25, 0.3) is 10.9 Å². The second-order valence-electron chi connectivity index (χ2n) is 6.52. The van der Waals surface area contributed by atoms with Crippen molar-refractivity contribution >= 4 is 16.8 Å². The quantitative estimate of drug-likeness (QED) is 0.761. The first kappa shape index (κ1) is 15.8. The van der Waals surface area contributed by atoms with E-state index in [9.17, 15) is 4.79 Å². The monoisotopic (exact) mass is 339 g/mol. The average Bonchev–Trinajstić information content (AvgIpc) is 3.17. The lowest BCUT2D eigenvalue weighted by Crippen LogP contribution is -2.41. The summed E-state index contributed by atoms with van der Waals surface area (Å²) in [7, 11) is 1.63. The number of nitrogens with zero attached hydrogens (tertiary/aromatic N) is 3. The topological polar surface area (TPSA) is 84.8 Å². The van der Waals surface area contributed by atoms with Gasteiger partial charge in [0.05, 0.1) is 12.1 Å². The SMILES string of the molecule is COCc1nc2n(n1)CC(NC(=O)c1c[nH]c3cc(C)ccc13)CC2. The Morgan fingerprint density at radius 1 is 1.48 bits per heavy atom. The summed E-state index contributed by atoms with van der Waals surface area (Å²) in [5.74, 6) is 1.59. The summed E-state index contributed by atoms with van der Waals surface area (Å²) in [5.41, 5.74) is 2.83. The lowest BCUT2D eigenvalue weighted by molar-refractivity contribution is 0.0928. The molecular formula is C18H21N5O2. The summed E-state index contributed by atoms with van der Waals surface area (Å²) >= 11 is 0. The van der Waals surface area contributed by atoms with Crippen molar-refractivity contribution in [1.29, 1.82) is 0 Å². The summed E-state index contributed by atoms with van der Waals surface area (Å²) in [6.07, 6.45) is 3.44. The molecule has 0 radical (unpaired) electrons. The normalized spacial score (nSPS) is 16.8. The number of ether oxygens (including phenoxy) is 1. The zero-order chi connectivity index (χ0) is 17.4. The summed E-state index contributed by atoms with van der Waals surface area (Å²) in [5, 5.41) is 8.52. The Morgan fingerprint density at radius 2 is 2.36 bits per heavy atom. The molecule has 0 fully saturated rings. The van der Waals surface area contributed by atoms with Crippen LogP contribution in [0.15, 0.2) is 24.4 Å². The number of benzene rings is 1. The molecule has 4 rings (SSSR count). The summed E-state index contributed by atoms with van der Waals surface area (Å²) in [4.78, 5) is 20.3. The molecule has 25 heavy (non-hydrogen) atoms. The summed E-state index contributed by atoms with van der Waals surface area (Å²) < 4.78 is 6.96. The Balaban J connectivity index is 1.49. The van der Waals surface area contributed by atoms with Gasteiger partial charge in [-0.2, -0.15) is 5.10 Å². The minimum Gasteiger partial charge on any atom is -0.377 e. The van der Waals surface area contributed by atoms with Gasteiger partial charge in [-0.1, -0.05) is 12.1 Å². The highest BCUT2D eigenvalue weighted by atomic mass is 16.5. The van der Waals surface area contributed by atoms with Gasteiger partial charge in [0.1, 0.15) is 12.4 Å². The molecule has 7 heteroatoms. The zero-order valence-corrected chi connectivity index (χ0v) is 14.4. The van der Waals surface area contributed by atoms with Crippen LogP contribution in [0.3, 0.4) is 0 Å². The van der Waals surface area contributed by atoms with Crippen molar-refractivity contribution in [3.8, 4) is 0 Å². The maximum Gasteiger partial charge on any atom is 0.253 e. The lowest BCUT2D eigenvalue weighted by atomic mass is 10.1. The Kier molecular flexibility index (Phi) is 4.01. The molecule has 130 valence electrons. The van der Waals surface area contributed by atoms with Crippen LogP contribution in [0.5, 0.6) is 0 Å². The van der Waals surface area contributed by atoms with E-state index < -0.39 is 0 Å². The molecule has 1 aliphatic heterocycles. The highest BCUT2D eigenvalue weighted by Gasteiger charge is 2.24. The van der Waals surface area contributed by atoms with Gasteiger partial charge in [-0.05, 0) is 25.0 Å². The fourth-order valence-corrected chi connectivity index (χ4v) is 3.36. The number of carbonyl (C=O) groups excluding carboxylic acids is 1. The molecule has 2 aromatic heterocycles. The molecule has 3 aromatic rings. The number of hydrogen-bond donors (Lipinski definition) is 2. The third-order valence-corrected chi connectivity index (χ3v) is 4.59. The van der Waals surface area contributed by atoms with Gasteiger partial charge >= 0.3 is 0 Å². The van der Waals surface area contributed by atoms with E-state index in [2.05, 4.69) is 20.4 Å². The first-order chi connectivity index (χ1) is 12.1. The average molecular weight is 339 g/mol. The predicted molar refractivity (Wildman–Crippen MR) is 93.3 cm³/mol. The van der Waals surface area contributed by atoms with Gasteiger partial charge in [0.25, 0.3) is 5.91 Å². The number of methoxy groups -OCH3 is 1. The second-order valence-corrected chi connectivity index (χ2v) is 6.52. The van der Waals surface area contributed by atoms with Gasteiger partial charge in [-0.15, -0.1) is 0 Å². The molecule has 0 saturated heterocycles. The molecule has 0 spiro atoms. The van der Waals surface area contributed by atoms with Crippen molar-refractivity contribution in [2.24, 2.45) is 0 Å². The summed E-state index contributed by atoms with van der Waals surface area (Å²) in [6, 6.07) is 6.11. The summed E-state index contributed by atoms with van der Waals surface area (Å²) in [6.45, 7) is 3.08. The molecular weight excluding hydrogens is 318 g/mol. The van der Waals surface area contributed by atoms with Gasteiger partial charge in [0.2, 0.25) is 0 Å². The Morgan fingerprint density at radius 3 is 3.20 bits per heavy atom. The first-order valence-corrected chi connectivity index (χ1v) is 8.44. The van der Waals surface area contributed by atoms with E-state index in [0.29, 0.717) is 24.5 Å². The van der Waals surface area contributed by atoms with Gasteiger partial charge in [-0.25, -0.2) is 9.67 Å². The highest BCUT2D eigenvalue weighted by molar-refractivity contribution is 6.06. The molecule has 0 aliphatic carbocycles. The van der Waals surface area contributed by atoms with Crippen LogP contribution in [0.2, 0.25) is 0 Å². The maximum absolute atomic E-state index is 12.7. The third kappa shape index (κ3) is 3.02. The van der Waals surface area contributed by atoms with Crippen molar-refractivity contribution in [2.45, 2.75) is 39.0 Å². The molecule has 7 nitrogen and oxygen atoms in total. The number of rotatable bonds is 4.